The standard InChI is InChI=1S/C13H18N2O3S/c1-9(2)4-3-7-15-13(16)11-8-10(14)5-6-12(11)19(15,17)18/h5-6,8-9H,3-4,7,14H2,1-2H3. The Balaban J connectivity index is 2.28. The number of rotatable bonds is 4. The monoisotopic (exact) mass is 282 g/mol. The lowest BCUT2D eigenvalue weighted by molar-refractivity contribution is 0.0868. The fraction of sp³-hybridized carbons (Fsp3) is 0.462. The lowest BCUT2D eigenvalue weighted by Gasteiger charge is -2.15. The van der Waals surface area contributed by atoms with Crippen molar-refractivity contribution in [2.24, 2.45) is 5.92 Å². The van der Waals surface area contributed by atoms with Gasteiger partial charge in [-0.25, -0.2) is 12.7 Å². The summed E-state index contributed by atoms with van der Waals surface area (Å²) in [6, 6.07) is 4.33. The van der Waals surface area contributed by atoms with Crippen LogP contribution in [-0.2, 0) is 10.0 Å². The summed E-state index contributed by atoms with van der Waals surface area (Å²) in [7, 11) is -3.68. The molecule has 1 aromatic rings. The maximum absolute atomic E-state index is 12.2. The van der Waals surface area contributed by atoms with Gasteiger partial charge in [-0.3, -0.25) is 4.79 Å². The summed E-state index contributed by atoms with van der Waals surface area (Å²) in [5, 5.41) is 0. The van der Waals surface area contributed by atoms with Crippen LogP contribution in [0.15, 0.2) is 23.1 Å². The average molecular weight is 282 g/mol. The Morgan fingerprint density at radius 1 is 1.32 bits per heavy atom. The highest BCUT2D eigenvalue weighted by molar-refractivity contribution is 7.90. The summed E-state index contributed by atoms with van der Waals surface area (Å²) in [4.78, 5) is 12.2. The molecule has 0 aromatic heterocycles. The lowest BCUT2D eigenvalue weighted by atomic mass is 10.1. The number of carbonyl (C=O) groups is 1. The Bertz CT molecular complexity index is 608. The molecule has 1 aromatic carbocycles. The number of hydrogen-bond acceptors (Lipinski definition) is 4. The molecule has 19 heavy (non-hydrogen) atoms. The molecule has 104 valence electrons. The first-order valence-electron chi connectivity index (χ1n) is 6.30. The Kier molecular flexibility index (Phi) is 3.54. The van der Waals surface area contributed by atoms with Crippen LogP contribution in [0.3, 0.4) is 0 Å². The highest BCUT2D eigenvalue weighted by Gasteiger charge is 2.40. The van der Waals surface area contributed by atoms with E-state index >= 15 is 0 Å². The van der Waals surface area contributed by atoms with Gasteiger partial charge in [-0.2, -0.15) is 0 Å². The van der Waals surface area contributed by atoms with Gasteiger partial charge in [0.2, 0.25) is 0 Å². The van der Waals surface area contributed by atoms with Crippen molar-refractivity contribution >= 4 is 21.6 Å². The van der Waals surface area contributed by atoms with E-state index in [9.17, 15) is 13.2 Å². The van der Waals surface area contributed by atoms with Crippen molar-refractivity contribution in [3.05, 3.63) is 23.8 Å². The Hall–Kier alpha value is -1.56. The second-order valence-corrected chi connectivity index (χ2v) is 7.00. The third kappa shape index (κ3) is 2.45. The zero-order valence-electron chi connectivity index (χ0n) is 11.1. The number of sulfonamides is 1. The first-order chi connectivity index (χ1) is 8.84. The molecule has 1 amide bonds. The summed E-state index contributed by atoms with van der Waals surface area (Å²) in [5.74, 6) is 0.0180. The van der Waals surface area contributed by atoms with E-state index in [1.165, 1.54) is 18.2 Å². The van der Waals surface area contributed by atoms with E-state index in [0.717, 1.165) is 10.7 Å². The predicted molar refractivity (Wildman–Crippen MR) is 73.1 cm³/mol. The van der Waals surface area contributed by atoms with Crippen LogP contribution in [0.1, 0.15) is 37.0 Å². The molecule has 1 aliphatic rings. The van der Waals surface area contributed by atoms with E-state index in [-0.39, 0.29) is 17.0 Å². The van der Waals surface area contributed by atoms with Crippen LogP contribution in [0, 0.1) is 5.92 Å². The number of anilines is 1. The molecule has 2 rings (SSSR count). The van der Waals surface area contributed by atoms with Crippen LogP contribution in [0.2, 0.25) is 0 Å². The quantitative estimate of drug-likeness (QED) is 0.855. The molecule has 0 saturated heterocycles. The van der Waals surface area contributed by atoms with Gasteiger partial charge in [0.05, 0.1) is 5.56 Å². The third-order valence-electron chi connectivity index (χ3n) is 3.17. The molecular weight excluding hydrogens is 264 g/mol. The molecule has 0 aliphatic carbocycles. The van der Waals surface area contributed by atoms with E-state index < -0.39 is 15.9 Å². The molecule has 6 heteroatoms. The molecule has 0 atom stereocenters. The molecule has 5 nitrogen and oxygen atoms in total. The third-order valence-corrected chi connectivity index (χ3v) is 5.01. The number of nitrogen functional groups attached to an aromatic ring is 1. The smallest absolute Gasteiger partial charge is 0.269 e. The minimum Gasteiger partial charge on any atom is -0.399 e. The van der Waals surface area contributed by atoms with E-state index in [1.54, 1.807) is 0 Å². The summed E-state index contributed by atoms with van der Waals surface area (Å²) in [6.45, 7) is 4.36. The SMILES string of the molecule is CC(C)CCCN1C(=O)c2cc(N)ccc2S1(=O)=O. The van der Waals surface area contributed by atoms with Crippen LogP contribution < -0.4 is 5.73 Å². The molecule has 0 fully saturated rings. The zero-order chi connectivity index (χ0) is 14.2. The number of amides is 1. The maximum Gasteiger partial charge on any atom is 0.269 e. The van der Waals surface area contributed by atoms with Crippen molar-refractivity contribution in [3.63, 3.8) is 0 Å². The van der Waals surface area contributed by atoms with Gasteiger partial charge >= 0.3 is 0 Å². The van der Waals surface area contributed by atoms with Crippen LogP contribution in [0.5, 0.6) is 0 Å². The summed E-state index contributed by atoms with van der Waals surface area (Å²) >= 11 is 0. The molecule has 0 unspecified atom stereocenters. The van der Waals surface area contributed by atoms with E-state index in [4.69, 9.17) is 5.73 Å². The second-order valence-electron chi connectivity index (χ2n) is 5.17. The number of carbonyl (C=O) groups excluding carboxylic acids is 1. The second kappa shape index (κ2) is 4.85. The topological polar surface area (TPSA) is 80.5 Å². The molecule has 0 bridgehead atoms. The van der Waals surface area contributed by atoms with Gasteiger partial charge in [-0.15, -0.1) is 0 Å². The number of fused-ring (bicyclic) bond motifs is 1. The Morgan fingerprint density at radius 3 is 2.63 bits per heavy atom. The number of nitrogens with zero attached hydrogens (tertiary/aromatic N) is 1. The van der Waals surface area contributed by atoms with Crippen LogP contribution >= 0.6 is 0 Å². The largest absolute Gasteiger partial charge is 0.399 e. The molecule has 0 saturated carbocycles. The minimum atomic E-state index is -3.68. The summed E-state index contributed by atoms with van der Waals surface area (Å²) < 4.78 is 25.4. The van der Waals surface area contributed by atoms with E-state index in [1.807, 2.05) is 0 Å². The highest BCUT2D eigenvalue weighted by atomic mass is 32.2. The van der Waals surface area contributed by atoms with Crippen molar-refractivity contribution in [1.29, 1.82) is 0 Å². The fourth-order valence-corrected chi connectivity index (χ4v) is 3.75. The van der Waals surface area contributed by atoms with Crippen molar-refractivity contribution < 1.29 is 13.2 Å². The number of benzene rings is 1. The van der Waals surface area contributed by atoms with Crippen molar-refractivity contribution in [2.75, 3.05) is 12.3 Å². The first-order valence-corrected chi connectivity index (χ1v) is 7.74. The van der Waals surface area contributed by atoms with Gasteiger partial charge in [-0.1, -0.05) is 13.8 Å². The lowest BCUT2D eigenvalue weighted by Crippen LogP contribution is -2.31. The number of nitrogens with two attached hydrogens (primary N) is 1. The van der Waals surface area contributed by atoms with Crippen LogP contribution in [0.25, 0.3) is 0 Å². The first kappa shape index (κ1) is 13.9. The molecular formula is C13H18N2O3S. The molecule has 2 N–H and O–H groups in total. The molecule has 1 heterocycles. The Labute approximate surface area is 113 Å². The fourth-order valence-electron chi connectivity index (χ4n) is 2.17. The van der Waals surface area contributed by atoms with Crippen LogP contribution in [-0.4, -0.2) is 25.2 Å². The molecule has 1 aliphatic heterocycles. The van der Waals surface area contributed by atoms with Gasteiger partial charge < -0.3 is 5.73 Å². The van der Waals surface area contributed by atoms with Gasteiger partial charge in [0.1, 0.15) is 4.90 Å². The van der Waals surface area contributed by atoms with Gasteiger partial charge in [0, 0.05) is 12.2 Å². The number of hydrogen-bond donors (Lipinski definition) is 1. The molecule has 0 spiro atoms. The van der Waals surface area contributed by atoms with Crippen molar-refractivity contribution in [2.45, 2.75) is 31.6 Å². The van der Waals surface area contributed by atoms with E-state index in [0.29, 0.717) is 18.0 Å². The van der Waals surface area contributed by atoms with E-state index in [2.05, 4.69) is 13.8 Å². The van der Waals surface area contributed by atoms with Crippen LogP contribution in [0.4, 0.5) is 5.69 Å². The Morgan fingerprint density at radius 2 is 2.00 bits per heavy atom. The van der Waals surface area contributed by atoms with Crippen molar-refractivity contribution in [1.82, 2.24) is 4.31 Å². The summed E-state index contributed by atoms with van der Waals surface area (Å²) in [6.07, 6.45) is 1.56. The normalized spacial score (nSPS) is 17.0. The van der Waals surface area contributed by atoms with Gasteiger partial charge in [0.25, 0.3) is 15.9 Å². The molecule has 0 radical (unpaired) electrons. The summed E-state index contributed by atoms with van der Waals surface area (Å²) in [5.41, 5.74) is 6.18. The average Bonchev–Trinajstić information content (AvgIpc) is 2.49. The maximum atomic E-state index is 12.2. The predicted octanol–water partition coefficient (Wildman–Crippen LogP) is 1.85. The minimum absolute atomic E-state index is 0.0660. The van der Waals surface area contributed by atoms with Gasteiger partial charge in [-0.05, 0) is 37.0 Å². The zero-order valence-corrected chi connectivity index (χ0v) is 11.9. The highest BCUT2D eigenvalue weighted by Crippen LogP contribution is 2.31. The van der Waals surface area contributed by atoms with Gasteiger partial charge in [0.15, 0.2) is 0 Å². The van der Waals surface area contributed by atoms with Crippen molar-refractivity contribution in [3.8, 4) is 0 Å².